The minimum absolute atomic E-state index is 0.137. The van der Waals surface area contributed by atoms with Gasteiger partial charge in [0.2, 0.25) is 0 Å². The Morgan fingerprint density at radius 1 is 1.09 bits per heavy atom. The van der Waals surface area contributed by atoms with Crippen LogP contribution in [-0.2, 0) is 11.4 Å². The van der Waals surface area contributed by atoms with Gasteiger partial charge in [-0.1, -0.05) is 46.9 Å². The van der Waals surface area contributed by atoms with Crippen LogP contribution in [0.25, 0.3) is 6.08 Å². The van der Waals surface area contributed by atoms with Crippen molar-refractivity contribution in [3.05, 3.63) is 92.2 Å². The highest BCUT2D eigenvalue weighted by Crippen LogP contribution is 2.37. The minimum atomic E-state index is -0.673. The third-order valence-electron chi connectivity index (χ3n) is 4.40. The van der Waals surface area contributed by atoms with Crippen molar-refractivity contribution in [3.8, 4) is 17.6 Å². The van der Waals surface area contributed by atoms with E-state index in [1.165, 1.54) is 43.5 Å². The van der Waals surface area contributed by atoms with Crippen molar-refractivity contribution >= 4 is 52.5 Å². The van der Waals surface area contributed by atoms with Crippen LogP contribution in [0.2, 0.25) is 15.1 Å². The number of hydrogen-bond donors (Lipinski definition) is 1. The molecule has 0 atom stereocenters. The quantitative estimate of drug-likeness (QED) is 0.279. The molecule has 0 saturated heterocycles. The Bertz CT molecular complexity index is 1260. The number of hydrogen-bond acceptors (Lipinski definition) is 4. The second kappa shape index (κ2) is 11.1. The van der Waals surface area contributed by atoms with E-state index in [0.717, 1.165) is 5.56 Å². The molecule has 0 aliphatic heterocycles. The fourth-order valence-corrected chi connectivity index (χ4v) is 3.41. The lowest BCUT2D eigenvalue weighted by Gasteiger charge is -2.14. The van der Waals surface area contributed by atoms with Crippen LogP contribution in [0.3, 0.4) is 0 Å². The normalized spacial score (nSPS) is 11.0. The number of benzene rings is 3. The van der Waals surface area contributed by atoms with Crippen LogP contribution >= 0.6 is 34.8 Å². The average molecular weight is 506 g/mol. The lowest BCUT2D eigenvalue weighted by atomic mass is 10.1. The SMILES string of the molecule is COc1cc(/C=C(\C#N)C(=O)Nc2cc(Cl)ccc2Cl)cc(Cl)c1OCc1ccc(F)cc1. The average Bonchev–Trinajstić information content (AvgIpc) is 2.79. The van der Waals surface area contributed by atoms with Gasteiger partial charge in [0.25, 0.3) is 5.91 Å². The smallest absolute Gasteiger partial charge is 0.266 e. The summed E-state index contributed by atoms with van der Waals surface area (Å²) in [6.45, 7) is 0.137. The molecular formula is C24H16Cl3FN2O3. The van der Waals surface area contributed by atoms with Gasteiger partial charge < -0.3 is 14.8 Å². The molecule has 0 heterocycles. The van der Waals surface area contributed by atoms with Gasteiger partial charge in [-0.3, -0.25) is 4.79 Å². The van der Waals surface area contributed by atoms with Crippen molar-refractivity contribution in [2.24, 2.45) is 0 Å². The van der Waals surface area contributed by atoms with Crippen molar-refractivity contribution in [1.29, 1.82) is 5.26 Å². The lowest BCUT2D eigenvalue weighted by Crippen LogP contribution is -2.13. The third-order valence-corrected chi connectivity index (χ3v) is 5.25. The summed E-state index contributed by atoms with van der Waals surface area (Å²) in [6.07, 6.45) is 1.35. The monoisotopic (exact) mass is 504 g/mol. The Balaban J connectivity index is 1.83. The molecule has 3 aromatic rings. The second-order valence-electron chi connectivity index (χ2n) is 6.70. The van der Waals surface area contributed by atoms with E-state index in [4.69, 9.17) is 44.3 Å². The van der Waals surface area contributed by atoms with Crippen molar-refractivity contribution in [3.63, 3.8) is 0 Å². The van der Waals surface area contributed by atoms with Crippen LogP contribution < -0.4 is 14.8 Å². The van der Waals surface area contributed by atoms with Gasteiger partial charge in [-0.25, -0.2) is 4.39 Å². The molecule has 9 heteroatoms. The number of methoxy groups -OCH3 is 1. The summed E-state index contributed by atoms with van der Waals surface area (Å²) >= 11 is 18.4. The molecule has 0 bridgehead atoms. The van der Waals surface area contributed by atoms with Gasteiger partial charge in [-0.15, -0.1) is 0 Å². The van der Waals surface area contributed by atoms with Crippen molar-refractivity contribution in [2.75, 3.05) is 12.4 Å². The van der Waals surface area contributed by atoms with Crippen LogP contribution in [0, 0.1) is 17.1 Å². The Morgan fingerprint density at radius 2 is 1.82 bits per heavy atom. The topological polar surface area (TPSA) is 71.3 Å². The number of amides is 1. The molecule has 33 heavy (non-hydrogen) atoms. The number of nitrogens with zero attached hydrogens (tertiary/aromatic N) is 1. The molecule has 0 saturated carbocycles. The van der Waals surface area contributed by atoms with Crippen LogP contribution in [-0.4, -0.2) is 13.0 Å². The summed E-state index contributed by atoms with van der Waals surface area (Å²) in [4.78, 5) is 12.6. The molecule has 5 nitrogen and oxygen atoms in total. The second-order valence-corrected chi connectivity index (χ2v) is 7.95. The number of carbonyl (C=O) groups excluding carboxylic acids is 1. The first-order valence-electron chi connectivity index (χ1n) is 9.43. The standard InChI is InChI=1S/C24H16Cl3FN2O3/c1-32-22-10-15(9-20(27)23(22)33-13-14-2-5-18(28)6-3-14)8-16(12-29)24(31)30-21-11-17(25)4-7-19(21)26/h2-11H,13H2,1H3,(H,30,31)/b16-8+. The zero-order valence-electron chi connectivity index (χ0n) is 17.2. The summed E-state index contributed by atoms with van der Waals surface area (Å²) in [6, 6.07) is 15.4. The molecular weight excluding hydrogens is 490 g/mol. The Labute approximate surface area is 204 Å². The van der Waals surface area contributed by atoms with Crippen LogP contribution in [0.4, 0.5) is 10.1 Å². The number of rotatable bonds is 7. The zero-order chi connectivity index (χ0) is 24.0. The highest BCUT2D eigenvalue weighted by Gasteiger charge is 2.15. The molecule has 0 aromatic heterocycles. The number of ether oxygens (including phenoxy) is 2. The first-order chi connectivity index (χ1) is 15.8. The predicted octanol–water partition coefficient (Wildman–Crippen LogP) is 6.92. The van der Waals surface area contributed by atoms with E-state index in [9.17, 15) is 14.4 Å². The molecule has 0 aliphatic rings. The predicted molar refractivity (Wildman–Crippen MR) is 127 cm³/mol. The highest BCUT2D eigenvalue weighted by atomic mass is 35.5. The van der Waals surface area contributed by atoms with Gasteiger partial charge >= 0.3 is 0 Å². The van der Waals surface area contributed by atoms with Crippen molar-refractivity contribution < 1.29 is 18.7 Å². The number of nitriles is 1. The van der Waals surface area contributed by atoms with E-state index in [1.807, 2.05) is 6.07 Å². The van der Waals surface area contributed by atoms with Crippen LogP contribution in [0.1, 0.15) is 11.1 Å². The lowest BCUT2D eigenvalue weighted by molar-refractivity contribution is -0.112. The molecule has 1 amide bonds. The number of carbonyl (C=O) groups is 1. The van der Waals surface area contributed by atoms with E-state index in [0.29, 0.717) is 16.3 Å². The Kier molecular flexibility index (Phi) is 8.18. The van der Waals surface area contributed by atoms with E-state index in [2.05, 4.69) is 5.32 Å². The molecule has 0 unspecified atom stereocenters. The Hall–Kier alpha value is -3.24. The third kappa shape index (κ3) is 6.39. The Morgan fingerprint density at radius 3 is 2.48 bits per heavy atom. The van der Waals surface area contributed by atoms with Gasteiger partial charge in [0.15, 0.2) is 11.5 Å². The largest absolute Gasteiger partial charge is 0.493 e. The molecule has 3 rings (SSSR count). The van der Waals surface area contributed by atoms with Gasteiger partial charge in [0, 0.05) is 5.02 Å². The molecule has 3 aromatic carbocycles. The highest BCUT2D eigenvalue weighted by molar-refractivity contribution is 6.36. The zero-order valence-corrected chi connectivity index (χ0v) is 19.4. The molecule has 0 aliphatic carbocycles. The minimum Gasteiger partial charge on any atom is -0.493 e. The van der Waals surface area contributed by atoms with Gasteiger partial charge in [-0.05, 0) is 59.7 Å². The first kappa shape index (κ1) is 24.4. The number of anilines is 1. The van der Waals surface area contributed by atoms with Crippen molar-refractivity contribution in [1.82, 2.24) is 0 Å². The van der Waals surface area contributed by atoms with E-state index < -0.39 is 5.91 Å². The summed E-state index contributed by atoms with van der Waals surface area (Å²) in [5, 5.41) is 12.9. The molecule has 1 N–H and O–H groups in total. The number of halogens is 4. The summed E-state index contributed by atoms with van der Waals surface area (Å²) in [5.41, 5.74) is 1.26. The van der Waals surface area contributed by atoms with Crippen LogP contribution in [0.15, 0.2) is 60.2 Å². The molecule has 0 fully saturated rings. The van der Waals surface area contributed by atoms with E-state index in [1.54, 1.807) is 24.3 Å². The molecule has 0 radical (unpaired) electrons. The van der Waals surface area contributed by atoms with Crippen molar-refractivity contribution in [2.45, 2.75) is 6.61 Å². The maximum Gasteiger partial charge on any atom is 0.266 e. The van der Waals surface area contributed by atoms with Gasteiger partial charge in [0.1, 0.15) is 24.1 Å². The summed E-state index contributed by atoms with van der Waals surface area (Å²) in [7, 11) is 1.43. The fraction of sp³-hybridized carbons (Fsp3) is 0.0833. The van der Waals surface area contributed by atoms with E-state index in [-0.39, 0.29) is 39.5 Å². The fourth-order valence-electron chi connectivity index (χ4n) is 2.80. The van der Waals surface area contributed by atoms with Crippen LogP contribution in [0.5, 0.6) is 11.5 Å². The van der Waals surface area contributed by atoms with Gasteiger partial charge in [0.05, 0.1) is 22.8 Å². The molecule has 168 valence electrons. The first-order valence-corrected chi connectivity index (χ1v) is 10.6. The molecule has 0 spiro atoms. The van der Waals surface area contributed by atoms with Gasteiger partial charge in [-0.2, -0.15) is 5.26 Å². The summed E-state index contributed by atoms with van der Waals surface area (Å²) < 4.78 is 24.2. The number of nitrogens with one attached hydrogen (secondary N) is 1. The maximum atomic E-state index is 13.1. The summed E-state index contributed by atoms with van der Waals surface area (Å²) in [5.74, 6) is -0.449. The van der Waals surface area contributed by atoms with E-state index >= 15 is 0 Å². The maximum absolute atomic E-state index is 13.1.